The van der Waals surface area contributed by atoms with Gasteiger partial charge >= 0.3 is 0 Å². The summed E-state index contributed by atoms with van der Waals surface area (Å²) in [6.45, 7) is 4.20. The Balaban J connectivity index is 1.38. The van der Waals surface area contributed by atoms with E-state index in [4.69, 9.17) is 16.1 Å². The van der Waals surface area contributed by atoms with E-state index in [1.165, 1.54) is 4.31 Å². The third-order valence-electron chi connectivity index (χ3n) is 5.60. The summed E-state index contributed by atoms with van der Waals surface area (Å²) < 4.78 is 34.1. The highest BCUT2D eigenvalue weighted by Crippen LogP contribution is 2.28. The minimum Gasteiger partial charge on any atom is -0.360 e. The average molecular weight is 478 g/mol. The smallest absolute Gasteiger partial charge is 0.248 e. The Morgan fingerprint density at radius 3 is 2.50 bits per heavy atom. The topological polar surface area (TPSA) is 110 Å². The van der Waals surface area contributed by atoms with Gasteiger partial charge in [0.05, 0.1) is 12.7 Å². The summed E-state index contributed by atoms with van der Waals surface area (Å²) in [5.74, 6) is 0.439. The molecule has 4 rings (SSSR count). The Hall–Kier alpha value is -2.69. The molecule has 1 aliphatic heterocycles. The molecule has 1 N–H and O–H groups in total. The molecule has 1 saturated heterocycles. The first-order chi connectivity index (χ1) is 15.3. The number of amides is 1. The second kappa shape index (κ2) is 9.05. The zero-order chi connectivity index (χ0) is 22.9. The number of nitrogens with one attached hydrogen (secondary N) is 1. The highest BCUT2D eigenvalue weighted by Gasteiger charge is 2.35. The zero-order valence-electron chi connectivity index (χ0n) is 17.8. The molecule has 9 nitrogen and oxygen atoms in total. The van der Waals surface area contributed by atoms with E-state index < -0.39 is 10.0 Å². The number of anilines is 1. The number of carbonyl (C=O) groups excluding carboxylic acids is 1. The van der Waals surface area contributed by atoms with Crippen LogP contribution in [0.15, 0.2) is 45.9 Å². The maximum Gasteiger partial charge on any atom is 0.248 e. The molecule has 3 aromatic rings. The van der Waals surface area contributed by atoms with E-state index in [0.717, 1.165) is 5.56 Å². The average Bonchev–Trinajstić information content (AvgIpc) is 3.35. The summed E-state index contributed by atoms with van der Waals surface area (Å²) >= 11 is 5.93. The summed E-state index contributed by atoms with van der Waals surface area (Å²) in [4.78, 5) is 13.0. The molecule has 1 aromatic carbocycles. The van der Waals surface area contributed by atoms with E-state index in [0.29, 0.717) is 35.9 Å². The lowest BCUT2D eigenvalue weighted by Gasteiger charge is -2.30. The number of hydrogen-bond donors (Lipinski definition) is 1. The molecular weight excluding hydrogens is 454 g/mol. The van der Waals surface area contributed by atoms with Crippen LogP contribution in [-0.2, 0) is 21.4 Å². The van der Waals surface area contributed by atoms with Crippen LogP contribution in [0.5, 0.6) is 0 Å². The van der Waals surface area contributed by atoms with Crippen molar-refractivity contribution in [3.05, 3.63) is 58.6 Å². The first kappa shape index (κ1) is 22.5. The van der Waals surface area contributed by atoms with Gasteiger partial charge in [0.25, 0.3) is 0 Å². The Kier molecular flexibility index (Phi) is 6.36. The second-order valence-electron chi connectivity index (χ2n) is 7.82. The molecule has 0 bridgehead atoms. The molecular formula is C21H24ClN5O4S. The minimum absolute atomic E-state index is 0.117. The summed E-state index contributed by atoms with van der Waals surface area (Å²) in [5, 5.41) is 11.6. The number of sulfonamides is 1. The molecule has 2 aromatic heterocycles. The lowest BCUT2D eigenvalue weighted by molar-refractivity contribution is -0.121. The van der Waals surface area contributed by atoms with E-state index in [1.807, 2.05) is 24.3 Å². The van der Waals surface area contributed by atoms with Crippen LogP contribution < -0.4 is 5.32 Å². The monoisotopic (exact) mass is 477 g/mol. The first-order valence-corrected chi connectivity index (χ1v) is 12.1. The molecule has 0 aliphatic carbocycles. The van der Waals surface area contributed by atoms with E-state index in [1.54, 1.807) is 30.8 Å². The van der Waals surface area contributed by atoms with E-state index >= 15 is 0 Å². The summed E-state index contributed by atoms with van der Waals surface area (Å²) in [5.41, 5.74) is 1.35. The number of carbonyl (C=O) groups is 1. The molecule has 1 fully saturated rings. The second-order valence-corrected chi connectivity index (χ2v) is 10.1. The highest BCUT2D eigenvalue weighted by atomic mass is 35.5. The SMILES string of the molecule is Cc1noc(C)c1S(=O)(=O)N1CCC(C(=O)Nc2ccnn2Cc2ccc(Cl)cc2)CC1. The van der Waals surface area contributed by atoms with Gasteiger partial charge in [0.2, 0.25) is 15.9 Å². The van der Waals surface area contributed by atoms with Crippen molar-refractivity contribution >= 4 is 33.3 Å². The molecule has 32 heavy (non-hydrogen) atoms. The molecule has 0 atom stereocenters. The van der Waals surface area contributed by atoms with Crippen LogP contribution >= 0.6 is 11.6 Å². The minimum atomic E-state index is -3.70. The number of aryl methyl sites for hydroxylation is 2. The Morgan fingerprint density at radius 1 is 1.19 bits per heavy atom. The van der Waals surface area contributed by atoms with Crippen molar-refractivity contribution in [2.75, 3.05) is 18.4 Å². The van der Waals surface area contributed by atoms with Crippen LogP contribution in [0.2, 0.25) is 5.02 Å². The molecule has 0 saturated carbocycles. The van der Waals surface area contributed by atoms with Gasteiger partial charge in [0.15, 0.2) is 5.76 Å². The Bertz CT molecular complexity index is 1190. The summed E-state index contributed by atoms with van der Waals surface area (Å²) in [6, 6.07) is 9.17. The Labute approximate surface area is 191 Å². The molecule has 170 valence electrons. The fraction of sp³-hybridized carbons (Fsp3) is 0.381. The molecule has 1 amide bonds. The van der Waals surface area contributed by atoms with Crippen molar-refractivity contribution in [2.24, 2.45) is 5.92 Å². The van der Waals surface area contributed by atoms with Gasteiger partial charge in [-0.05, 0) is 44.4 Å². The normalized spacial score (nSPS) is 15.7. The maximum atomic E-state index is 13.0. The molecule has 0 radical (unpaired) electrons. The fourth-order valence-corrected chi connectivity index (χ4v) is 5.77. The predicted molar refractivity (Wildman–Crippen MR) is 119 cm³/mol. The number of hydrogen-bond acceptors (Lipinski definition) is 6. The summed E-state index contributed by atoms with van der Waals surface area (Å²) in [6.07, 6.45) is 2.49. The van der Waals surface area contributed by atoms with Gasteiger partial charge in [-0.15, -0.1) is 0 Å². The van der Waals surface area contributed by atoms with Crippen molar-refractivity contribution in [3.8, 4) is 0 Å². The van der Waals surface area contributed by atoms with Gasteiger partial charge in [-0.25, -0.2) is 13.1 Å². The highest BCUT2D eigenvalue weighted by molar-refractivity contribution is 7.89. The van der Waals surface area contributed by atoms with Crippen molar-refractivity contribution in [1.82, 2.24) is 19.2 Å². The number of piperidine rings is 1. The maximum absolute atomic E-state index is 13.0. The lowest BCUT2D eigenvalue weighted by atomic mass is 9.97. The van der Waals surface area contributed by atoms with Crippen LogP contribution in [0.4, 0.5) is 5.82 Å². The van der Waals surface area contributed by atoms with Crippen LogP contribution in [0, 0.1) is 19.8 Å². The van der Waals surface area contributed by atoms with Crippen LogP contribution in [0.1, 0.15) is 29.9 Å². The van der Waals surface area contributed by atoms with E-state index in [9.17, 15) is 13.2 Å². The van der Waals surface area contributed by atoms with Crippen molar-refractivity contribution in [2.45, 2.75) is 38.1 Å². The van der Waals surface area contributed by atoms with E-state index in [-0.39, 0.29) is 35.6 Å². The van der Waals surface area contributed by atoms with Gasteiger partial charge in [-0.2, -0.15) is 9.40 Å². The zero-order valence-corrected chi connectivity index (χ0v) is 19.4. The summed E-state index contributed by atoms with van der Waals surface area (Å²) in [7, 11) is -3.70. The quantitative estimate of drug-likeness (QED) is 0.583. The molecule has 0 unspecified atom stereocenters. The number of nitrogens with zero attached hydrogens (tertiary/aromatic N) is 4. The molecule has 3 heterocycles. The van der Waals surface area contributed by atoms with Gasteiger partial charge in [0, 0.05) is 30.1 Å². The largest absolute Gasteiger partial charge is 0.360 e. The number of aromatic nitrogens is 3. The van der Waals surface area contributed by atoms with Crippen LogP contribution in [0.3, 0.4) is 0 Å². The third kappa shape index (κ3) is 4.57. The van der Waals surface area contributed by atoms with Crippen molar-refractivity contribution in [1.29, 1.82) is 0 Å². The van der Waals surface area contributed by atoms with E-state index in [2.05, 4.69) is 15.6 Å². The van der Waals surface area contributed by atoms with Gasteiger partial charge in [-0.3, -0.25) is 4.79 Å². The first-order valence-electron chi connectivity index (χ1n) is 10.3. The molecule has 0 spiro atoms. The van der Waals surface area contributed by atoms with Gasteiger partial charge in [-0.1, -0.05) is 28.9 Å². The van der Waals surface area contributed by atoms with Gasteiger partial charge in [0.1, 0.15) is 16.4 Å². The fourth-order valence-electron chi connectivity index (χ4n) is 3.89. The lowest BCUT2D eigenvalue weighted by Crippen LogP contribution is -2.41. The predicted octanol–water partition coefficient (Wildman–Crippen LogP) is 3.23. The number of halogens is 1. The van der Waals surface area contributed by atoms with Crippen LogP contribution in [0.25, 0.3) is 0 Å². The number of rotatable bonds is 6. The number of benzene rings is 1. The standard InChI is InChI=1S/C21H24ClN5O4S/c1-14-20(15(2)31-25-14)32(29,30)26-11-8-17(9-12-26)21(28)24-19-7-10-23-27(19)13-16-3-5-18(22)6-4-16/h3-7,10,17H,8-9,11-13H2,1-2H3,(H,24,28). The Morgan fingerprint density at radius 2 is 1.88 bits per heavy atom. The van der Waals surface area contributed by atoms with Crippen molar-refractivity contribution in [3.63, 3.8) is 0 Å². The van der Waals surface area contributed by atoms with Crippen molar-refractivity contribution < 1.29 is 17.7 Å². The molecule has 1 aliphatic rings. The van der Waals surface area contributed by atoms with Crippen LogP contribution in [-0.4, -0.2) is 46.7 Å². The third-order valence-corrected chi connectivity index (χ3v) is 8.00. The molecule has 11 heteroatoms. The van der Waals surface area contributed by atoms with Gasteiger partial charge < -0.3 is 9.84 Å².